The Hall–Kier alpha value is -0.320. The molecule has 1 amide bonds. The van der Waals surface area contributed by atoms with Gasteiger partial charge in [0.15, 0.2) is 0 Å². The van der Waals surface area contributed by atoms with Crippen LogP contribution in [0.4, 0.5) is 0 Å². The first-order valence-electron chi connectivity index (χ1n) is 7.85. The maximum absolute atomic E-state index is 12.4. The van der Waals surface area contributed by atoms with Crippen molar-refractivity contribution in [2.24, 2.45) is 17.6 Å². The molecule has 0 aromatic heterocycles. The maximum Gasteiger partial charge on any atom is 0.240 e. The van der Waals surface area contributed by atoms with Crippen LogP contribution in [0.3, 0.4) is 0 Å². The van der Waals surface area contributed by atoms with Gasteiger partial charge in [0.2, 0.25) is 5.91 Å². The largest absolute Gasteiger partial charge is 0.381 e. The number of nitrogens with one attached hydrogen (secondary N) is 1. The van der Waals surface area contributed by atoms with Crippen LogP contribution < -0.4 is 11.1 Å². The zero-order valence-corrected chi connectivity index (χ0v) is 12.9. The van der Waals surface area contributed by atoms with E-state index in [2.05, 4.69) is 5.32 Å². The van der Waals surface area contributed by atoms with Crippen LogP contribution in [0, 0.1) is 11.8 Å². The first-order chi connectivity index (χ1) is 9.17. The number of carbonyl (C=O) groups excluding carboxylic acids is 1. The standard InChI is InChI=1S/C15H26N2O2.ClH/c16-15(6-8-19-9-7-15)14(18)17-13-5-4-11-2-1-3-12(11)10-13;/h11-13H,1-10,16H2,(H,17,18);1H. The van der Waals surface area contributed by atoms with E-state index in [0.717, 1.165) is 18.3 Å². The van der Waals surface area contributed by atoms with E-state index in [1.165, 1.54) is 32.1 Å². The number of amides is 1. The zero-order chi connectivity index (χ0) is 13.3. The molecular formula is C15H27ClN2O2. The molecule has 3 N–H and O–H groups in total. The molecule has 116 valence electrons. The van der Waals surface area contributed by atoms with Crippen molar-refractivity contribution in [3.63, 3.8) is 0 Å². The number of rotatable bonds is 2. The van der Waals surface area contributed by atoms with Gasteiger partial charge in [0.05, 0.1) is 5.54 Å². The lowest BCUT2D eigenvalue weighted by Gasteiger charge is -2.37. The lowest BCUT2D eigenvalue weighted by molar-refractivity contribution is -0.130. The monoisotopic (exact) mass is 302 g/mol. The van der Waals surface area contributed by atoms with Crippen molar-refractivity contribution in [3.8, 4) is 0 Å². The summed E-state index contributed by atoms with van der Waals surface area (Å²) in [6.07, 6.45) is 9.05. The van der Waals surface area contributed by atoms with Gasteiger partial charge in [-0.05, 0) is 43.9 Å². The highest BCUT2D eigenvalue weighted by molar-refractivity contribution is 5.86. The van der Waals surface area contributed by atoms with Gasteiger partial charge in [-0.2, -0.15) is 0 Å². The summed E-state index contributed by atoms with van der Waals surface area (Å²) >= 11 is 0. The second-order valence-corrected chi connectivity index (χ2v) is 6.70. The van der Waals surface area contributed by atoms with Crippen LogP contribution in [0.15, 0.2) is 0 Å². The second kappa shape index (κ2) is 6.63. The molecule has 2 aliphatic carbocycles. The molecule has 3 unspecified atom stereocenters. The van der Waals surface area contributed by atoms with Crippen molar-refractivity contribution < 1.29 is 9.53 Å². The highest BCUT2D eigenvalue weighted by atomic mass is 35.5. The minimum atomic E-state index is -0.690. The van der Waals surface area contributed by atoms with Crippen molar-refractivity contribution in [2.45, 2.75) is 62.9 Å². The van der Waals surface area contributed by atoms with Crippen LogP contribution in [0.25, 0.3) is 0 Å². The molecule has 3 atom stereocenters. The topological polar surface area (TPSA) is 64.4 Å². The van der Waals surface area contributed by atoms with Gasteiger partial charge in [-0.1, -0.05) is 19.3 Å². The van der Waals surface area contributed by atoms with Crippen LogP contribution in [0.5, 0.6) is 0 Å². The Kier molecular flexibility index (Phi) is 5.32. The lowest BCUT2D eigenvalue weighted by Crippen LogP contribution is -2.59. The van der Waals surface area contributed by atoms with E-state index in [9.17, 15) is 4.79 Å². The molecule has 0 aromatic rings. The fourth-order valence-corrected chi connectivity index (χ4v) is 4.13. The van der Waals surface area contributed by atoms with Gasteiger partial charge in [-0.3, -0.25) is 4.79 Å². The summed E-state index contributed by atoms with van der Waals surface area (Å²) in [5, 5.41) is 3.22. The van der Waals surface area contributed by atoms with E-state index in [-0.39, 0.29) is 18.3 Å². The number of halogens is 1. The molecule has 3 fully saturated rings. The fraction of sp³-hybridized carbons (Fsp3) is 0.933. The summed E-state index contributed by atoms with van der Waals surface area (Å²) < 4.78 is 5.30. The van der Waals surface area contributed by atoms with Crippen molar-refractivity contribution >= 4 is 18.3 Å². The van der Waals surface area contributed by atoms with E-state index < -0.39 is 5.54 Å². The third-order valence-electron chi connectivity index (χ3n) is 5.46. The first kappa shape index (κ1) is 16.1. The minimum Gasteiger partial charge on any atom is -0.381 e. The molecule has 0 bridgehead atoms. The zero-order valence-electron chi connectivity index (χ0n) is 12.1. The van der Waals surface area contributed by atoms with E-state index in [1.807, 2.05) is 0 Å². The third-order valence-corrected chi connectivity index (χ3v) is 5.46. The van der Waals surface area contributed by atoms with Crippen LogP contribution in [-0.4, -0.2) is 30.7 Å². The van der Waals surface area contributed by atoms with Crippen molar-refractivity contribution in [3.05, 3.63) is 0 Å². The summed E-state index contributed by atoms with van der Waals surface area (Å²) in [4.78, 5) is 12.4. The number of ether oxygens (including phenoxy) is 1. The normalized spacial score (nSPS) is 35.8. The Morgan fingerprint density at radius 2 is 1.80 bits per heavy atom. The smallest absolute Gasteiger partial charge is 0.240 e. The van der Waals surface area contributed by atoms with Crippen molar-refractivity contribution in [1.82, 2.24) is 5.32 Å². The first-order valence-corrected chi connectivity index (χ1v) is 7.85. The molecule has 0 radical (unpaired) electrons. The molecule has 1 heterocycles. The van der Waals surface area contributed by atoms with Gasteiger partial charge in [-0.25, -0.2) is 0 Å². The molecule has 3 aliphatic rings. The number of hydrogen-bond donors (Lipinski definition) is 2. The van der Waals surface area contributed by atoms with Crippen LogP contribution in [-0.2, 0) is 9.53 Å². The molecule has 0 spiro atoms. The summed E-state index contributed by atoms with van der Waals surface area (Å²) in [7, 11) is 0. The van der Waals surface area contributed by atoms with Crippen LogP contribution in [0.2, 0.25) is 0 Å². The van der Waals surface area contributed by atoms with E-state index in [0.29, 0.717) is 32.1 Å². The van der Waals surface area contributed by atoms with E-state index in [4.69, 9.17) is 10.5 Å². The predicted molar refractivity (Wildman–Crippen MR) is 80.8 cm³/mol. The second-order valence-electron chi connectivity index (χ2n) is 6.70. The van der Waals surface area contributed by atoms with Crippen molar-refractivity contribution in [1.29, 1.82) is 0 Å². The van der Waals surface area contributed by atoms with E-state index >= 15 is 0 Å². The molecular weight excluding hydrogens is 276 g/mol. The summed E-state index contributed by atoms with van der Waals surface area (Å²) in [5.41, 5.74) is 5.54. The van der Waals surface area contributed by atoms with Gasteiger partial charge < -0.3 is 15.8 Å². The Balaban J connectivity index is 0.00000147. The molecule has 0 aromatic carbocycles. The Bertz CT molecular complexity index is 345. The highest BCUT2D eigenvalue weighted by Crippen LogP contribution is 2.42. The van der Waals surface area contributed by atoms with Gasteiger partial charge >= 0.3 is 0 Å². The molecule has 2 saturated carbocycles. The summed E-state index contributed by atoms with van der Waals surface area (Å²) in [5.74, 6) is 1.84. The quantitative estimate of drug-likeness (QED) is 0.820. The van der Waals surface area contributed by atoms with Crippen molar-refractivity contribution in [2.75, 3.05) is 13.2 Å². The van der Waals surface area contributed by atoms with Gasteiger partial charge in [0.1, 0.15) is 0 Å². The SMILES string of the molecule is Cl.NC1(C(=O)NC2CCC3CCCC3C2)CCOCC1. The number of carbonyl (C=O) groups is 1. The Labute approximate surface area is 127 Å². The third kappa shape index (κ3) is 3.29. The molecule has 20 heavy (non-hydrogen) atoms. The highest BCUT2D eigenvalue weighted by Gasteiger charge is 2.39. The summed E-state index contributed by atoms with van der Waals surface area (Å²) in [6, 6.07) is 0.357. The van der Waals surface area contributed by atoms with Gasteiger partial charge in [-0.15, -0.1) is 12.4 Å². The number of fused-ring (bicyclic) bond motifs is 1. The molecule has 1 saturated heterocycles. The van der Waals surface area contributed by atoms with Gasteiger partial charge in [0.25, 0.3) is 0 Å². The van der Waals surface area contributed by atoms with Gasteiger partial charge in [0, 0.05) is 19.3 Å². The molecule has 5 heteroatoms. The average Bonchev–Trinajstić information content (AvgIpc) is 2.87. The Morgan fingerprint density at radius 3 is 2.55 bits per heavy atom. The predicted octanol–water partition coefficient (Wildman–Crippen LogP) is 2.00. The number of nitrogens with two attached hydrogens (primary N) is 1. The van der Waals surface area contributed by atoms with Crippen LogP contribution in [0.1, 0.15) is 51.4 Å². The fourth-order valence-electron chi connectivity index (χ4n) is 4.13. The molecule has 1 aliphatic heterocycles. The number of hydrogen-bond acceptors (Lipinski definition) is 3. The van der Waals surface area contributed by atoms with E-state index in [1.54, 1.807) is 0 Å². The lowest BCUT2D eigenvalue weighted by atomic mass is 9.78. The minimum absolute atomic E-state index is 0. The molecule has 4 nitrogen and oxygen atoms in total. The van der Waals surface area contributed by atoms with Crippen LogP contribution >= 0.6 is 12.4 Å². The maximum atomic E-state index is 12.4. The Morgan fingerprint density at radius 1 is 1.10 bits per heavy atom. The summed E-state index contributed by atoms with van der Waals surface area (Å²) in [6.45, 7) is 1.22. The average molecular weight is 303 g/mol. The molecule has 3 rings (SSSR count).